The molecule has 1 aliphatic heterocycles. The Balaban J connectivity index is 1.24. The quantitative estimate of drug-likeness (QED) is 0.0763. The number of hydrogen-bond donors (Lipinski definition) is 0. The van der Waals surface area contributed by atoms with Crippen LogP contribution >= 0.6 is 35.4 Å². The zero-order valence-electron chi connectivity index (χ0n) is 28.2. The standard InChI is InChI=1S/C37H49Cl2NO3SSi2/c1-37(2,3)46(30-13-9-7-10-14-30,31-15-11-8-12-16-31)43-29-21-27(22-29)24-40-25-28(23-34(40)44)35-33(18-17-32(38)36(35)39)42-26-41-19-20-45(4,5)6/h7-18,27-29H,19-26H2,1-6H3/t27?,28-,29?/m0/s1. The van der Waals surface area contributed by atoms with E-state index < -0.39 is 16.4 Å². The number of ether oxygens (including phenoxy) is 2. The first-order chi connectivity index (χ1) is 21.8. The van der Waals surface area contributed by atoms with Crippen molar-refractivity contribution in [2.75, 3.05) is 26.5 Å². The van der Waals surface area contributed by atoms with E-state index in [-0.39, 0.29) is 23.9 Å². The summed E-state index contributed by atoms with van der Waals surface area (Å²) in [7, 11) is -3.72. The second kappa shape index (κ2) is 14.8. The van der Waals surface area contributed by atoms with E-state index in [4.69, 9.17) is 49.3 Å². The van der Waals surface area contributed by atoms with Crippen LogP contribution in [0.5, 0.6) is 5.75 Å². The highest BCUT2D eigenvalue weighted by Gasteiger charge is 2.53. The van der Waals surface area contributed by atoms with Crippen LogP contribution in [-0.2, 0) is 9.16 Å². The van der Waals surface area contributed by atoms with Crippen LogP contribution in [0.2, 0.25) is 40.8 Å². The number of benzene rings is 3. The van der Waals surface area contributed by atoms with Crippen molar-refractivity contribution in [1.82, 2.24) is 4.90 Å². The van der Waals surface area contributed by atoms with Crippen molar-refractivity contribution < 1.29 is 13.9 Å². The third kappa shape index (κ3) is 8.11. The molecule has 2 fully saturated rings. The largest absolute Gasteiger partial charge is 0.467 e. The van der Waals surface area contributed by atoms with E-state index in [1.807, 2.05) is 6.07 Å². The number of rotatable bonds is 13. The van der Waals surface area contributed by atoms with Gasteiger partial charge in [-0.15, -0.1) is 0 Å². The fraction of sp³-hybridized carbons (Fsp3) is 0.486. The number of halogens is 2. The maximum absolute atomic E-state index is 7.37. The molecule has 0 unspecified atom stereocenters. The van der Waals surface area contributed by atoms with Crippen molar-refractivity contribution in [3.8, 4) is 5.75 Å². The van der Waals surface area contributed by atoms with E-state index in [1.54, 1.807) is 6.07 Å². The molecule has 1 saturated carbocycles. The molecule has 9 heteroatoms. The van der Waals surface area contributed by atoms with Gasteiger partial charge in [-0.3, -0.25) is 0 Å². The van der Waals surface area contributed by atoms with E-state index in [1.165, 1.54) is 10.4 Å². The number of thiocarbonyl (C=S) groups is 1. The van der Waals surface area contributed by atoms with E-state index in [9.17, 15) is 0 Å². The molecule has 1 aliphatic carbocycles. The third-order valence-corrected chi connectivity index (χ3v) is 17.5. The summed E-state index contributed by atoms with van der Waals surface area (Å²) < 4.78 is 19.3. The van der Waals surface area contributed by atoms with Gasteiger partial charge in [-0.1, -0.05) is 136 Å². The van der Waals surface area contributed by atoms with E-state index in [0.717, 1.165) is 54.7 Å². The SMILES string of the molecule is CC(C)(C)[Si](OC1CC(CN2C[C@@H](c3c(OCOCC[Si](C)(C)C)ccc(Cl)c3Cl)CC2=S)C1)(c1ccccc1)c1ccccc1. The van der Waals surface area contributed by atoms with Crippen molar-refractivity contribution in [3.63, 3.8) is 0 Å². The Morgan fingerprint density at radius 3 is 2.07 bits per heavy atom. The third-order valence-electron chi connectivity index (χ3n) is 9.44. The first-order valence-electron chi connectivity index (χ1n) is 16.5. The predicted molar refractivity (Wildman–Crippen MR) is 203 cm³/mol. The molecular weight excluding hydrogens is 666 g/mol. The van der Waals surface area contributed by atoms with Gasteiger partial charge < -0.3 is 18.8 Å². The molecule has 5 rings (SSSR count). The lowest BCUT2D eigenvalue weighted by molar-refractivity contribution is 0.0213. The molecule has 0 spiro atoms. The molecule has 0 N–H and O–H groups in total. The van der Waals surface area contributed by atoms with Crippen molar-refractivity contribution in [3.05, 3.63) is 88.4 Å². The highest BCUT2D eigenvalue weighted by atomic mass is 35.5. The number of likely N-dealkylation sites (tertiary alicyclic amines) is 1. The molecule has 3 aromatic carbocycles. The Bertz CT molecular complexity index is 1430. The summed E-state index contributed by atoms with van der Waals surface area (Å²) in [6.45, 7) is 16.7. The van der Waals surface area contributed by atoms with Crippen molar-refractivity contribution >= 4 is 67.2 Å². The van der Waals surface area contributed by atoms with Gasteiger partial charge in [-0.25, -0.2) is 0 Å². The minimum Gasteiger partial charge on any atom is -0.467 e. The highest BCUT2D eigenvalue weighted by molar-refractivity contribution is 7.80. The van der Waals surface area contributed by atoms with E-state index >= 15 is 0 Å². The summed E-state index contributed by atoms with van der Waals surface area (Å²) >= 11 is 19.3. The van der Waals surface area contributed by atoms with E-state index in [0.29, 0.717) is 22.6 Å². The summed E-state index contributed by atoms with van der Waals surface area (Å²) in [6, 6.07) is 26.6. The second-order valence-electron chi connectivity index (χ2n) is 15.2. The van der Waals surface area contributed by atoms with Gasteiger partial charge in [0.15, 0.2) is 6.79 Å². The average Bonchev–Trinajstić information content (AvgIpc) is 3.34. The van der Waals surface area contributed by atoms with Gasteiger partial charge in [0.2, 0.25) is 0 Å². The predicted octanol–water partition coefficient (Wildman–Crippen LogP) is 9.16. The Morgan fingerprint density at radius 1 is 0.891 bits per heavy atom. The summed E-state index contributed by atoms with van der Waals surface area (Å²) in [4.78, 5) is 3.35. The molecule has 1 heterocycles. The zero-order valence-corrected chi connectivity index (χ0v) is 32.5. The molecule has 2 aliphatic rings. The van der Waals surface area contributed by atoms with E-state index in [2.05, 4.69) is 106 Å². The lowest BCUT2D eigenvalue weighted by Crippen LogP contribution is -2.68. The molecule has 0 bridgehead atoms. The Kier molecular flexibility index (Phi) is 11.5. The topological polar surface area (TPSA) is 30.9 Å². The Morgan fingerprint density at radius 2 is 1.50 bits per heavy atom. The van der Waals surface area contributed by atoms with Gasteiger partial charge in [0.25, 0.3) is 8.32 Å². The molecule has 4 nitrogen and oxygen atoms in total. The monoisotopic (exact) mass is 713 g/mol. The Labute approximate surface area is 293 Å². The second-order valence-corrected chi connectivity index (χ2v) is 26.3. The minimum atomic E-state index is -2.56. The fourth-order valence-corrected chi connectivity index (χ4v) is 13.2. The number of nitrogens with zero attached hydrogens (tertiary/aromatic N) is 1. The lowest BCUT2D eigenvalue weighted by atomic mass is 9.82. The summed E-state index contributed by atoms with van der Waals surface area (Å²) in [6.07, 6.45) is 3.06. The van der Waals surface area contributed by atoms with Crippen LogP contribution in [0.4, 0.5) is 0 Å². The molecule has 3 aromatic rings. The number of hydrogen-bond acceptors (Lipinski definition) is 4. The normalized spacial score (nSPS) is 20.6. The average molecular weight is 715 g/mol. The molecule has 1 atom stereocenters. The Hall–Kier alpha value is -1.72. The molecule has 1 saturated heterocycles. The fourth-order valence-electron chi connectivity index (χ4n) is 6.91. The van der Waals surface area contributed by atoms with Crippen molar-refractivity contribution in [1.29, 1.82) is 0 Å². The molecule has 0 aromatic heterocycles. The van der Waals surface area contributed by atoms with Gasteiger partial charge in [0, 0.05) is 51.8 Å². The zero-order chi connectivity index (χ0) is 33.1. The molecular formula is C37H49Cl2NO3SSi2. The van der Waals surface area contributed by atoms with Gasteiger partial charge in [0.05, 0.1) is 15.0 Å². The van der Waals surface area contributed by atoms with Gasteiger partial charge >= 0.3 is 0 Å². The minimum absolute atomic E-state index is 0.0279. The lowest BCUT2D eigenvalue weighted by Gasteiger charge is -2.49. The maximum atomic E-state index is 7.37. The van der Waals surface area contributed by atoms with Gasteiger partial charge in [-0.05, 0) is 52.3 Å². The van der Waals surface area contributed by atoms with Crippen LogP contribution in [0.1, 0.15) is 51.5 Å². The summed E-state index contributed by atoms with van der Waals surface area (Å²) in [5, 5.41) is 3.73. The van der Waals surface area contributed by atoms with Crippen LogP contribution in [-0.4, -0.2) is 58.9 Å². The molecule has 0 radical (unpaired) electrons. The van der Waals surface area contributed by atoms with Crippen molar-refractivity contribution in [2.24, 2.45) is 5.92 Å². The first kappa shape index (κ1) is 35.6. The van der Waals surface area contributed by atoms with Gasteiger partial charge in [0.1, 0.15) is 5.75 Å². The summed E-state index contributed by atoms with van der Waals surface area (Å²) in [5.74, 6) is 1.39. The van der Waals surface area contributed by atoms with Crippen LogP contribution < -0.4 is 15.1 Å². The summed E-state index contributed by atoms with van der Waals surface area (Å²) in [5.41, 5.74) is 0.939. The van der Waals surface area contributed by atoms with Crippen LogP contribution in [0.25, 0.3) is 0 Å². The van der Waals surface area contributed by atoms with Crippen LogP contribution in [0, 0.1) is 5.92 Å². The molecule has 0 amide bonds. The van der Waals surface area contributed by atoms with Crippen LogP contribution in [0.15, 0.2) is 72.8 Å². The van der Waals surface area contributed by atoms with Gasteiger partial charge in [-0.2, -0.15) is 0 Å². The highest BCUT2D eigenvalue weighted by Crippen LogP contribution is 2.45. The molecule has 46 heavy (non-hydrogen) atoms. The smallest absolute Gasteiger partial charge is 0.261 e. The first-order valence-corrected chi connectivity index (χ1v) is 23.3. The molecule has 248 valence electrons. The van der Waals surface area contributed by atoms with Crippen molar-refractivity contribution in [2.45, 2.75) is 82.8 Å². The maximum Gasteiger partial charge on any atom is 0.261 e. The van der Waals surface area contributed by atoms with Crippen LogP contribution in [0.3, 0.4) is 0 Å².